The van der Waals surface area contributed by atoms with E-state index in [1.54, 1.807) is 0 Å². The van der Waals surface area contributed by atoms with Crippen molar-refractivity contribution in [2.75, 3.05) is 5.73 Å². The fourth-order valence-electron chi connectivity index (χ4n) is 0.732. The molecule has 0 aliphatic rings. The maximum atomic E-state index is 10.9. The fourth-order valence-corrected chi connectivity index (χ4v) is 1.50. The highest BCUT2D eigenvalue weighted by Crippen LogP contribution is 2.17. The van der Waals surface area contributed by atoms with Gasteiger partial charge in [0.05, 0.1) is 0 Å². The smallest absolute Gasteiger partial charge is 0.253 e. The lowest BCUT2D eigenvalue weighted by atomic mass is 10.6. The molecule has 1 rings (SSSR count). The van der Waals surface area contributed by atoms with Crippen LogP contribution in [0.1, 0.15) is 13.8 Å². The molecule has 1 heterocycles. The number of nitrogen functional groups attached to an aromatic ring is 1. The number of nitrogens with two attached hydrogens (primary N) is 1. The molecule has 0 saturated carbocycles. The minimum absolute atomic E-state index is 0.203. The molecule has 0 atom stereocenters. The molecule has 12 heavy (non-hydrogen) atoms. The largest absolute Gasteiger partial charge is 0.383 e. The molecule has 0 aliphatic carbocycles. The molecule has 0 aromatic carbocycles. The van der Waals surface area contributed by atoms with Gasteiger partial charge in [-0.2, -0.15) is 0 Å². The quantitative estimate of drug-likeness (QED) is 0.529. The summed E-state index contributed by atoms with van der Waals surface area (Å²) < 4.78 is 0. The predicted molar refractivity (Wildman–Crippen MR) is 50.3 cm³/mol. The average Bonchev–Trinajstić information content (AvgIpc) is 1.81. The van der Waals surface area contributed by atoms with Gasteiger partial charge in [-0.3, -0.25) is 4.79 Å². The van der Waals surface area contributed by atoms with E-state index in [0.717, 1.165) is 0 Å². The molecule has 0 aliphatic heterocycles. The highest BCUT2D eigenvalue weighted by Gasteiger charge is 2.01. The van der Waals surface area contributed by atoms with Crippen LogP contribution in [-0.2, 0) is 0 Å². The van der Waals surface area contributed by atoms with E-state index in [1.807, 2.05) is 13.8 Å². The van der Waals surface area contributed by atoms with Gasteiger partial charge in [0, 0.05) is 11.3 Å². The second-order valence-electron chi connectivity index (χ2n) is 2.64. The Morgan fingerprint density at radius 3 is 2.83 bits per heavy atom. The van der Waals surface area contributed by atoms with Gasteiger partial charge in [0.25, 0.3) is 5.56 Å². The lowest BCUT2D eigenvalue weighted by Gasteiger charge is -2.02. The van der Waals surface area contributed by atoms with E-state index in [9.17, 15) is 4.79 Å². The van der Waals surface area contributed by atoms with Crippen molar-refractivity contribution in [3.05, 3.63) is 16.4 Å². The summed E-state index contributed by atoms with van der Waals surface area (Å²) in [4.78, 5) is 17.5. The molecule has 4 nitrogen and oxygen atoms in total. The van der Waals surface area contributed by atoms with Crippen LogP contribution in [0.15, 0.2) is 16.0 Å². The van der Waals surface area contributed by atoms with Crippen LogP contribution in [0.2, 0.25) is 0 Å². The summed E-state index contributed by atoms with van der Waals surface area (Å²) in [5, 5.41) is 0.963. The first-order valence-corrected chi connectivity index (χ1v) is 4.49. The van der Waals surface area contributed by atoms with Crippen LogP contribution >= 0.6 is 11.8 Å². The predicted octanol–water partition coefficient (Wildman–Crippen LogP) is 0.853. The lowest BCUT2D eigenvalue weighted by molar-refractivity contribution is 0.935. The van der Waals surface area contributed by atoms with Crippen LogP contribution in [0.5, 0.6) is 0 Å². The second-order valence-corrected chi connectivity index (χ2v) is 4.21. The Bertz CT molecular complexity index is 321. The molecule has 0 amide bonds. The maximum Gasteiger partial charge on any atom is 0.253 e. The van der Waals surface area contributed by atoms with E-state index in [0.29, 0.717) is 10.4 Å². The highest BCUT2D eigenvalue weighted by molar-refractivity contribution is 7.99. The number of H-pyrrole nitrogens is 1. The number of aromatic amines is 1. The van der Waals surface area contributed by atoms with Gasteiger partial charge < -0.3 is 10.7 Å². The van der Waals surface area contributed by atoms with Crippen LogP contribution < -0.4 is 11.3 Å². The van der Waals surface area contributed by atoms with Crippen molar-refractivity contribution in [1.29, 1.82) is 0 Å². The summed E-state index contributed by atoms with van der Waals surface area (Å²) in [6.45, 7) is 4.04. The average molecular weight is 185 g/mol. The fraction of sp³-hybridized carbons (Fsp3) is 0.429. The molecule has 0 fully saturated rings. The second kappa shape index (κ2) is 3.62. The third-order valence-electron chi connectivity index (χ3n) is 1.09. The van der Waals surface area contributed by atoms with Gasteiger partial charge in [-0.05, 0) is 0 Å². The number of rotatable bonds is 2. The van der Waals surface area contributed by atoms with E-state index < -0.39 is 0 Å². The van der Waals surface area contributed by atoms with Gasteiger partial charge in [-0.25, -0.2) is 4.98 Å². The SMILES string of the molecule is CC(C)Sc1nc(N)cc(=O)[nH]1. The molecule has 0 radical (unpaired) electrons. The van der Waals surface area contributed by atoms with Gasteiger partial charge in [0.1, 0.15) is 5.82 Å². The Balaban J connectivity index is 2.93. The summed E-state index contributed by atoms with van der Waals surface area (Å²) in [6, 6.07) is 1.27. The van der Waals surface area contributed by atoms with Crippen molar-refractivity contribution in [3.63, 3.8) is 0 Å². The Morgan fingerprint density at radius 1 is 1.67 bits per heavy atom. The molecule has 3 N–H and O–H groups in total. The van der Waals surface area contributed by atoms with E-state index >= 15 is 0 Å². The van der Waals surface area contributed by atoms with Crippen molar-refractivity contribution in [2.45, 2.75) is 24.3 Å². The van der Waals surface area contributed by atoms with Crippen molar-refractivity contribution >= 4 is 17.6 Å². The van der Waals surface area contributed by atoms with Crippen LogP contribution in [0.4, 0.5) is 5.82 Å². The number of aromatic nitrogens is 2. The topological polar surface area (TPSA) is 71.8 Å². The molecule has 0 spiro atoms. The zero-order chi connectivity index (χ0) is 9.14. The third-order valence-corrected chi connectivity index (χ3v) is 1.98. The van der Waals surface area contributed by atoms with Gasteiger partial charge in [-0.1, -0.05) is 25.6 Å². The Hall–Kier alpha value is -0.970. The van der Waals surface area contributed by atoms with Crippen LogP contribution in [0.25, 0.3) is 0 Å². The number of anilines is 1. The lowest BCUT2D eigenvalue weighted by Crippen LogP contribution is -2.10. The van der Waals surface area contributed by atoms with Gasteiger partial charge in [0.2, 0.25) is 0 Å². The summed E-state index contributed by atoms with van der Waals surface area (Å²) >= 11 is 1.48. The van der Waals surface area contributed by atoms with Crippen LogP contribution in [0.3, 0.4) is 0 Å². The van der Waals surface area contributed by atoms with Crippen molar-refractivity contribution in [3.8, 4) is 0 Å². The number of thioether (sulfide) groups is 1. The van der Waals surface area contributed by atoms with E-state index in [1.165, 1.54) is 17.8 Å². The molecule has 5 heteroatoms. The van der Waals surface area contributed by atoms with Crippen LogP contribution in [0, 0.1) is 0 Å². The molecule has 66 valence electrons. The number of hydrogen-bond donors (Lipinski definition) is 2. The van der Waals surface area contributed by atoms with E-state index in [4.69, 9.17) is 5.73 Å². The zero-order valence-electron chi connectivity index (χ0n) is 7.00. The minimum Gasteiger partial charge on any atom is -0.383 e. The first-order chi connectivity index (χ1) is 5.58. The Labute approximate surface area is 74.6 Å². The molecule has 0 bridgehead atoms. The number of hydrogen-bond acceptors (Lipinski definition) is 4. The number of nitrogens with zero attached hydrogens (tertiary/aromatic N) is 1. The Kier molecular flexibility index (Phi) is 2.75. The summed E-state index contributed by atoms with van der Waals surface area (Å²) in [6.07, 6.45) is 0. The van der Waals surface area contributed by atoms with Crippen molar-refractivity contribution in [1.82, 2.24) is 9.97 Å². The molecule has 0 saturated heterocycles. The van der Waals surface area contributed by atoms with E-state index in [-0.39, 0.29) is 11.4 Å². The molecular weight excluding hydrogens is 174 g/mol. The first kappa shape index (κ1) is 9.12. The van der Waals surface area contributed by atoms with E-state index in [2.05, 4.69) is 9.97 Å². The molecule has 1 aromatic rings. The summed E-state index contributed by atoms with van der Waals surface area (Å²) in [7, 11) is 0. The van der Waals surface area contributed by atoms with Crippen molar-refractivity contribution in [2.24, 2.45) is 0 Å². The molecule has 1 aromatic heterocycles. The van der Waals surface area contributed by atoms with Crippen molar-refractivity contribution < 1.29 is 0 Å². The third kappa shape index (κ3) is 2.58. The standard InChI is InChI=1S/C7H11N3OS/c1-4(2)12-7-9-5(8)3-6(11)10-7/h3-4H,1-2H3,(H3,8,9,10,11). The molecule has 0 unspecified atom stereocenters. The molecular formula is C7H11N3OS. The maximum absolute atomic E-state index is 10.9. The van der Waals surface area contributed by atoms with Gasteiger partial charge in [-0.15, -0.1) is 0 Å². The highest BCUT2D eigenvalue weighted by atomic mass is 32.2. The Morgan fingerprint density at radius 2 is 2.33 bits per heavy atom. The van der Waals surface area contributed by atoms with Gasteiger partial charge >= 0.3 is 0 Å². The monoisotopic (exact) mass is 185 g/mol. The van der Waals surface area contributed by atoms with Gasteiger partial charge in [0.15, 0.2) is 5.16 Å². The normalized spacial score (nSPS) is 10.6. The summed E-state index contributed by atoms with van der Waals surface area (Å²) in [5.74, 6) is 0.266. The number of nitrogens with one attached hydrogen (secondary N) is 1. The van der Waals surface area contributed by atoms with Crippen LogP contribution in [-0.4, -0.2) is 15.2 Å². The first-order valence-electron chi connectivity index (χ1n) is 3.61. The zero-order valence-corrected chi connectivity index (χ0v) is 7.81. The summed E-state index contributed by atoms with van der Waals surface area (Å²) in [5.41, 5.74) is 5.19. The minimum atomic E-state index is -0.203.